The summed E-state index contributed by atoms with van der Waals surface area (Å²) in [5.41, 5.74) is 6.23. The second-order valence-corrected chi connectivity index (χ2v) is 6.71. The van der Waals surface area contributed by atoms with Gasteiger partial charge in [0.05, 0.1) is 11.4 Å². The molecule has 19 heavy (non-hydrogen) atoms. The average molecular weight is 362 g/mol. The zero-order chi connectivity index (χ0) is 14.0. The molecule has 0 radical (unpaired) electrons. The van der Waals surface area contributed by atoms with Crippen LogP contribution in [0.15, 0.2) is 51.8 Å². The third-order valence-corrected chi connectivity index (χ3v) is 4.75. The van der Waals surface area contributed by atoms with Gasteiger partial charge >= 0.3 is 0 Å². The van der Waals surface area contributed by atoms with Gasteiger partial charge in [-0.3, -0.25) is 4.72 Å². The second-order valence-electron chi connectivity index (χ2n) is 3.77. The van der Waals surface area contributed by atoms with Gasteiger partial charge in [-0.05, 0) is 46.3 Å². The molecule has 0 amide bonds. The van der Waals surface area contributed by atoms with Crippen molar-refractivity contribution in [2.45, 2.75) is 4.90 Å². The zero-order valence-corrected chi connectivity index (χ0v) is 12.8. The first-order valence-electron chi connectivity index (χ1n) is 5.22. The van der Waals surface area contributed by atoms with Gasteiger partial charge in [0.25, 0.3) is 10.0 Å². The lowest BCUT2D eigenvalue weighted by atomic mass is 10.3. The minimum Gasteiger partial charge on any atom is -0.398 e. The maximum absolute atomic E-state index is 12.2. The summed E-state index contributed by atoms with van der Waals surface area (Å²) in [6, 6.07) is 11.2. The Balaban J connectivity index is 2.41. The number of nitrogen functional groups attached to an aromatic ring is 1. The summed E-state index contributed by atoms with van der Waals surface area (Å²) < 4.78 is 27.6. The van der Waals surface area contributed by atoms with Gasteiger partial charge in [0, 0.05) is 9.50 Å². The summed E-state index contributed by atoms with van der Waals surface area (Å²) in [5, 5.41) is 0.386. The quantitative estimate of drug-likeness (QED) is 0.822. The summed E-state index contributed by atoms with van der Waals surface area (Å²) in [6.07, 6.45) is 0. The fourth-order valence-electron chi connectivity index (χ4n) is 1.51. The van der Waals surface area contributed by atoms with Crippen LogP contribution >= 0.6 is 27.5 Å². The number of sulfonamides is 1. The van der Waals surface area contributed by atoms with E-state index in [2.05, 4.69) is 20.7 Å². The number of nitrogens with one attached hydrogen (secondary N) is 1. The Bertz CT molecular complexity index is 719. The first-order valence-corrected chi connectivity index (χ1v) is 7.88. The largest absolute Gasteiger partial charge is 0.398 e. The molecule has 0 heterocycles. The lowest BCUT2D eigenvalue weighted by molar-refractivity contribution is 0.601. The molecule has 2 aromatic carbocycles. The molecule has 0 unspecified atom stereocenters. The number of para-hydroxylation sites is 1. The highest BCUT2D eigenvalue weighted by Gasteiger charge is 2.18. The maximum atomic E-state index is 12.2. The van der Waals surface area contributed by atoms with E-state index in [4.69, 9.17) is 17.3 Å². The molecule has 0 aliphatic heterocycles. The van der Waals surface area contributed by atoms with Crippen LogP contribution in [0.1, 0.15) is 0 Å². The predicted molar refractivity (Wildman–Crippen MR) is 80.8 cm³/mol. The highest BCUT2D eigenvalue weighted by Crippen LogP contribution is 2.27. The third-order valence-electron chi connectivity index (χ3n) is 2.38. The Kier molecular flexibility index (Phi) is 4.03. The van der Waals surface area contributed by atoms with E-state index in [0.29, 0.717) is 15.2 Å². The number of rotatable bonds is 3. The Hall–Kier alpha value is -1.24. The van der Waals surface area contributed by atoms with E-state index >= 15 is 0 Å². The Morgan fingerprint density at radius 2 is 1.84 bits per heavy atom. The van der Waals surface area contributed by atoms with Crippen molar-refractivity contribution in [1.29, 1.82) is 0 Å². The molecule has 100 valence electrons. The number of halogens is 2. The number of benzene rings is 2. The Morgan fingerprint density at radius 3 is 2.47 bits per heavy atom. The van der Waals surface area contributed by atoms with Gasteiger partial charge in [-0.2, -0.15) is 0 Å². The van der Waals surface area contributed by atoms with Crippen LogP contribution in [0.25, 0.3) is 0 Å². The Labute approximate surface area is 124 Å². The van der Waals surface area contributed by atoms with E-state index in [-0.39, 0.29) is 10.6 Å². The maximum Gasteiger partial charge on any atom is 0.263 e. The van der Waals surface area contributed by atoms with Crippen LogP contribution in [0, 0.1) is 0 Å². The van der Waals surface area contributed by atoms with E-state index in [1.165, 1.54) is 18.2 Å². The van der Waals surface area contributed by atoms with Crippen molar-refractivity contribution in [2.75, 3.05) is 10.5 Å². The molecule has 0 aliphatic carbocycles. The molecule has 0 saturated carbocycles. The molecule has 7 heteroatoms. The molecule has 0 spiro atoms. The number of hydrogen-bond donors (Lipinski definition) is 2. The monoisotopic (exact) mass is 360 g/mol. The second kappa shape index (κ2) is 5.40. The minimum atomic E-state index is -3.75. The van der Waals surface area contributed by atoms with Crippen molar-refractivity contribution in [2.24, 2.45) is 0 Å². The lowest BCUT2D eigenvalue weighted by Gasteiger charge is -2.11. The normalized spacial score (nSPS) is 11.3. The molecule has 0 saturated heterocycles. The van der Waals surface area contributed by atoms with Gasteiger partial charge in [-0.25, -0.2) is 8.42 Å². The SMILES string of the molecule is Nc1cc(Cl)ccc1S(=O)(=O)Nc1ccccc1Br. The van der Waals surface area contributed by atoms with E-state index in [1.54, 1.807) is 24.3 Å². The molecule has 0 fully saturated rings. The molecular formula is C12H10BrClN2O2S. The summed E-state index contributed by atoms with van der Waals surface area (Å²) >= 11 is 9.02. The van der Waals surface area contributed by atoms with Crippen LogP contribution in [0.3, 0.4) is 0 Å². The lowest BCUT2D eigenvalue weighted by Crippen LogP contribution is -2.15. The summed E-state index contributed by atoms with van der Waals surface area (Å²) in [7, 11) is -3.75. The smallest absolute Gasteiger partial charge is 0.263 e. The molecule has 0 atom stereocenters. The molecule has 2 rings (SSSR count). The third kappa shape index (κ3) is 3.20. The van der Waals surface area contributed by atoms with Crippen molar-refractivity contribution in [3.63, 3.8) is 0 Å². The van der Waals surface area contributed by atoms with E-state index in [0.717, 1.165) is 0 Å². The average Bonchev–Trinajstić information content (AvgIpc) is 2.31. The summed E-state index contributed by atoms with van der Waals surface area (Å²) in [4.78, 5) is -0.00680. The van der Waals surface area contributed by atoms with Gasteiger partial charge < -0.3 is 5.73 Å². The van der Waals surface area contributed by atoms with Crippen molar-refractivity contribution < 1.29 is 8.42 Å². The van der Waals surface area contributed by atoms with E-state index < -0.39 is 10.0 Å². The Morgan fingerprint density at radius 1 is 1.16 bits per heavy atom. The molecule has 3 N–H and O–H groups in total. The topological polar surface area (TPSA) is 72.2 Å². The molecule has 2 aromatic rings. The molecule has 0 aliphatic rings. The number of nitrogens with two attached hydrogens (primary N) is 1. The van der Waals surface area contributed by atoms with Gasteiger partial charge in [0.15, 0.2) is 0 Å². The van der Waals surface area contributed by atoms with Crippen molar-refractivity contribution in [1.82, 2.24) is 0 Å². The highest BCUT2D eigenvalue weighted by molar-refractivity contribution is 9.10. The first-order chi connectivity index (χ1) is 8.90. The van der Waals surface area contributed by atoms with Crippen molar-refractivity contribution in [3.05, 3.63) is 52.0 Å². The van der Waals surface area contributed by atoms with Gasteiger partial charge in [-0.15, -0.1) is 0 Å². The predicted octanol–water partition coefficient (Wildman–Crippen LogP) is 3.49. The molecule has 0 aromatic heterocycles. The minimum absolute atomic E-state index is 0.00680. The van der Waals surface area contributed by atoms with Gasteiger partial charge in [0.1, 0.15) is 4.90 Å². The van der Waals surface area contributed by atoms with Crippen LogP contribution in [-0.2, 0) is 10.0 Å². The molecule has 4 nitrogen and oxygen atoms in total. The fraction of sp³-hybridized carbons (Fsp3) is 0. The van der Waals surface area contributed by atoms with E-state index in [9.17, 15) is 8.42 Å². The zero-order valence-electron chi connectivity index (χ0n) is 9.60. The van der Waals surface area contributed by atoms with Crippen LogP contribution in [0.4, 0.5) is 11.4 Å². The van der Waals surface area contributed by atoms with Crippen molar-refractivity contribution in [3.8, 4) is 0 Å². The van der Waals surface area contributed by atoms with Gasteiger partial charge in [-0.1, -0.05) is 23.7 Å². The first kappa shape index (κ1) is 14.2. The highest BCUT2D eigenvalue weighted by atomic mass is 79.9. The van der Waals surface area contributed by atoms with Gasteiger partial charge in [0.2, 0.25) is 0 Å². The number of anilines is 2. The van der Waals surface area contributed by atoms with Crippen LogP contribution in [0.2, 0.25) is 5.02 Å². The summed E-state index contributed by atoms with van der Waals surface area (Å²) in [6.45, 7) is 0. The summed E-state index contributed by atoms with van der Waals surface area (Å²) in [5.74, 6) is 0. The van der Waals surface area contributed by atoms with Crippen LogP contribution in [0.5, 0.6) is 0 Å². The van der Waals surface area contributed by atoms with Crippen LogP contribution < -0.4 is 10.5 Å². The standard InChI is InChI=1S/C12H10BrClN2O2S/c13-9-3-1-2-4-11(9)16-19(17,18)12-6-5-8(14)7-10(12)15/h1-7,16H,15H2. The number of hydrogen-bond acceptors (Lipinski definition) is 3. The fourth-order valence-corrected chi connectivity index (χ4v) is 3.40. The molecular weight excluding hydrogens is 352 g/mol. The van der Waals surface area contributed by atoms with Crippen LogP contribution in [-0.4, -0.2) is 8.42 Å². The van der Waals surface area contributed by atoms with E-state index in [1.807, 2.05) is 0 Å². The molecule has 0 bridgehead atoms. The van der Waals surface area contributed by atoms with Crippen molar-refractivity contribution >= 4 is 48.9 Å².